The largest absolute Gasteiger partial charge is 0.386 e. The molecule has 0 aromatic heterocycles. The monoisotopic (exact) mass is 515 g/mol. The molecule has 0 saturated carbocycles. The Kier molecular flexibility index (Phi) is 8.63. The molecule has 2 N–H and O–H groups in total. The summed E-state index contributed by atoms with van der Waals surface area (Å²) in [4.78, 5) is 6.44. The first-order valence-electron chi connectivity index (χ1n) is 8.35. The molecule has 0 spiro atoms. The average molecular weight is 516 g/mol. The molecule has 0 bridgehead atoms. The van der Waals surface area contributed by atoms with Gasteiger partial charge in [0.05, 0.1) is 23.1 Å². The van der Waals surface area contributed by atoms with Crippen molar-refractivity contribution in [3.05, 3.63) is 34.9 Å². The molecule has 1 atom stereocenters. The lowest BCUT2D eigenvalue weighted by atomic mass is 10.1. The summed E-state index contributed by atoms with van der Waals surface area (Å²) in [6, 6.07) is 7.05. The third kappa shape index (κ3) is 5.71. The van der Waals surface area contributed by atoms with Crippen molar-refractivity contribution in [2.24, 2.45) is 4.99 Å². The number of hydrogen-bond acceptors (Lipinski definition) is 4. The Morgan fingerprint density at radius 3 is 2.73 bits per heavy atom. The molecule has 9 heteroatoms. The SMILES string of the molecule is CCNC(=NCC(O)c1cccc(Cl)c1)N1CCS(=O)(=O)C(C)(C)C1.I. The molecule has 26 heavy (non-hydrogen) atoms. The fourth-order valence-electron chi connectivity index (χ4n) is 2.74. The van der Waals surface area contributed by atoms with Crippen LogP contribution in [0.5, 0.6) is 0 Å². The van der Waals surface area contributed by atoms with Gasteiger partial charge in [0.2, 0.25) is 0 Å². The number of nitrogens with one attached hydrogen (secondary N) is 1. The Hall–Kier alpha value is -0.580. The van der Waals surface area contributed by atoms with Crippen LogP contribution in [0, 0.1) is 0 Å². The smallest absolute Gasteiger partial charge is 0.194 e. The Bertz CT molecular complexity index is 741. The maximum atomic E-state index is 12.2. The molecule has 1 heterocycles. The van der Waals surface area contributed by atoms with Gasteiger partial charge in [-0.15, -0.1) is 24.0 Å². The fourth-order valence-corrected chi connectivity index (χ4v) is 4.31. The predicted octanol–water partition coefficient (Wildman–Crippen LogP) is 2.47. The first-order valence-corrected chi connectivity index (χ1v) is 10.4. The van der Waals surface area contributed by atoms with E-state index < -0.39 is 20.7 Å². The molecule has 1 aliphatic rings. The van der Waals surface area contributed by atoms with Crippen molar-refractivity contribution in [1.82, 2.24) is 10.2 Å². The third-order valence-electron chi connectivity index (χ3n) is 4.33. The number of hydrogen-bond donors (Lipinski definition) is 2. The lowest BCUT2D eigenvalue weighted by Crippen LogP contribution is -2.57. The standard InChI is InChI=1S/C17H26ClN3O3S.HI/c1-4-19-16(21-8-9-25(23,24)17(2,3)12-21)20-11-15(22)13-6-5-7-14(18)10-13;/h5-7,10,15,22H,4,8-9,11-12H2,1-3H3,(H,19,20);1H. The van der Waals surface area contributed by atoms with E-state index in [1.54, 1.807) is 38.1 Å². The van der Waals surface area contributed by atoms with Crippen molar-refractivity contribution in [3.8, 4) is 0 Å². The first-order chi connectivity index (χ1) is 11.7. The summed E-state index contributed by atoms with van der Waals surface area (Å²) in [5.74, 6) is 0.716. The number of sulfone groups is 1. The van der Waals surface area contributed by atoms with Gasteiger partial charge in [-0.2, -0.15) is 0 Å². The molecule has 1 aromatic carbocycles. The molecular formula is C17H27ClIN3O3S. The first kappa shape index (κ1) is 23.5. The molecule has 6 nitrogen and oxygen atoms in total. The van der Waals surface area contributed by atoms with Gasteiger partial charge in [0.25, 0.3) is 0 Å². The summed E-state index contributed by atoms with van der Waals surface area (Å²) in [5, 5.41) is 14.1. The summed E-state index contributed by atoms with van der Waals surface area (Å²) in [6.45, 7) is 7.02. The Balaban J connectivity index is 0.00000338. The molecule has 0 aliphatic carbocycles. The van der Waals surface area contributed by atoms with E-state index in [1.807, 2.05) is 11.8 Å². The zero-order valence-electron chi connectivity index (χ0n) is 15.3. The highest BCUT2D eigenvalue weighted by atomic mass is 127. The minimum absolute atomic E-state index is 0. The van der Waals surface area contributed by atoms with E-state index in [0.29, 0.717) is 36.2 Å². The normalized spacial score (nSPS) is 20.2. The van der Waals surface area contributed by atoms with E-state index in [-0.39, 0.29) is 36.3 Å². The van der Waals surface area contributed by atoms with Gasteiger partial charge in [-0.25, -0.2) is 8.42 Å². The number of guanidine groups is 1. The van der Waals surface area contributed by atoms with Gasteiger partial charge in [0.1, 0.15) is 0 Å². The van der Waals surface area contributed by atoms with Crippen LogP contribution in [-0.4, -0.2) is 61.1 Å². The molecule has 1 saturated heterocycles. The van der Waals surface area contributed by atoms with Crippen LogP contribution in [0.4, 0.5) is 0 Å². The maximum Gasteiger partial charge on any atom is 0.194 e. The second kappa shape index (κ2) is 9.57. The zero-order valence-corrected chi connectivity index (χ0v) is 19.2. The highest BCUT2D eigenvalue weighted by molar-refractivity contribution is 14.0. The van der Waals surface area contributed by atoms with E-state index in [9.17, 15) is 13.5 Å². The van der Waals surface area contributed by atoms with Crippen molar-refractivity contribution >= 4 is 51.4 Å². The summed E-state index contributed by atoms with van der Waals surface area (Å²) in [5.41, 5.74) is 0.702. The quantitative estimate of drug-likeness (QED) is 0.366. The van der Waals surface area contributed by atoms with Crippen molar-refractivity contribution in [2.45, 2.75) is 31.6 Å². The second-order valence-corrected chi connectivity index (χ2v) is 9.94. The van der Waals surface area contributed by atoms with Crippen LogP contribution >= 0.6 is 35.6 Å². The summed E-state index contributed by atoms with van der Waals surface area (Å²) in [6.07, 6.45) is -0.770. The predicted molar refractivity (Wildman–Crippen MR) is 117 cm³/mol. The number of aliphatic hydroxyl groups is 1. The topological polar surface area (TPSA) is 82.0 Å². The summed E-state index contributed by atoms with van der Waals surface area (Å²) < 4.78 is 23.5. The lowest BCUT2D eigenvalue weighted by Gasteiger charge is -2.39. The number of halogens is 2. The van der Waals surface area contributed by atoms with Crippen LogP contribution in [-0.2, 0) is 9.84 Å². The molecular weight excluding hydrogens is 489 g/mol. The van der Waals surface area contributed by atoms with Crippen LogP contribution in [0.3, 0.4) is 0 Å². The van der Waals surface area contributed by atoms with Crippen LogP contribution in [0.25, 0.3) is 0 Å². The van der Waals surface area contributed by atoms with Gasteiger partial charge in [-0.3, -0.25) is 4.99 Å². The average Bonchev–Trinajstić information content (AvgIpc) is 2.54. The van der Waals surface area contributed by atoms with Crippen molar-refractivity contribution in [2.75, 3.05) is 31.9 Å². The second-order valence-electron chi connectivity index (χ2n) is 6.77. The molecule has 1 unspecified atom stereocenters. The minimum Gasteiger partial charge on any atom is -0.386 e. The minimum atomic E-state index is -3.11. The van der Waals surface area contributed by atoms with Gasteiger partial charge in [-0.05, 0) is 38.5 Å². The Morgan fingerprint density at radius 2 is 2.15 bits per heavy atom. The lowest BCUT2D eigenvalue weighted by molar-refractivity contribution is 0.186. The van der Waals surface area contributed by atoms with Crippen molar-refractivity contribution < 1.29 is 13.5 Å². The number of aliphatic hydroxyl groups excluding tert-OH is 1. The highest BCUT2D eigenvalue weighted by Crippen LogP contribution is 2.24. The van der Waals surface area contributed by atoms with Crippen LogP contribution in [0.2, 0.25) is 5.02 Å². The molecule has 148 valence electrons. The highest BCUT2D eigenvalue weighted by Gasteiger charge is 2.40. The van der Waals surface area contributed by atoms with E-state index in [0.717, 1.165) is 0 Å². The van der Waals surface area contributed by atoms with E-state index in [1.165, 1.54) is 0 Å². The van der Waals surface area contributed by atoms with Crippen LogP contribution in [0.1, 0.15) is 32.4 Å². The van der Waals surface area contributed by atoms with E-state index in [4.69, 9.17) is 11.6 Å². The van der Waals surface area contributed by atoms with Gasteiger partial charge >= 0.3 is 0 Å². The molecule has 0 amide bonds. The van der Waals surface area contributed by atoms with E-state index >= 15 is 0 Å². The van der Waals surface area contributed by atoms with Gasteiger partial charge < -0.3 is 15.3 Å². The zero-order chi connectivity index (χ0) is 18.7. The van der Waals surface area contributed by atoms with Crippen molar-refractivity contribution in [1.29, 1.82) is 0 Å². The van der Waals surface area contributed by atoms with Crippen LogP contribution < -0.4 is 5.32 Å². The number of aliphatic imine (C=N–C) groups is 1. The summed E-state index contributed by atoms with van der Waals surface area (Å²) in [7, 11) is -3.11. The molecule has 1 fully saturated rings. The third-order valence-corrected chi connectivity index (χ3v) is 7.09. The number of rotatable bonds is 4. The number of nitrogens with zero attached hydrogens (tertiary/aromatic N) is 2. The maximum absolute atomic E-state index is 12.2. The van der Waals surface area contributed by atoms with Crippen LogP contribution in [0.15, 0.2) is 29.3 Å². The van der Waals surface area contributed by atoms with Crippen molar-refractivity contribution in [3.63, 3.8) is 0 Å². The summed E-state index contributed by atoms with van der Waals surface area (Å²) >= 11 is 5.96. The number of benzene rings is 1. The molecule has 1 aliphatic heterocycles. The van der Waals surface area contributed by atoms with Gasteiger partial charge in [0.15, 0.2) is 15.8 Å². The molecule has 0 radical (unpaired) electrons. The fraction of sp³-hybridized carbons (Fsp3) is 0.588. The molecule has 2 rings (SSSR count). The Morgan fingerprint density at radius 1 is 1.46 bits per heavy atom. The van der Waals surface area contributed by atoms with Gasteiger partial charge in [0, 0.05) is 24.7 Å². The van der Waals surface area contributed by atoms with E-state index in [2.05, 4.69) is 10.3 Å². The molecule has 1 aromatic rings. The Labute approximate surface area is 178 Å². The van der Waals surface area contributed by atoms with Gasteiger partial charge in [-0.1, -0.05) is 23.7 Å².